The van der Waals surface area contributed by atoms with Gasteiger partial charge in [-0.25, -0.2) is 0 Å². The van der Waals surface area contributed by atoms with Crippen LogP contribution in [-0.4, -0.2) is 6.18 Å². The third-order valence-corrected chi connectivity index (χ3v) is 1.17. The molecule has 0 rings (SSSR count). The van der Waals surface area contributed by atoms with Crippen LogP contribution in [0, 0.1) is 5.92 Å². The molecule has 0 aromatic heterocycles. The molecular formula is C5H9F3. The van der Waals surface area contributed by atoms with Crippen LogP contribution in [0.4, 0.5) is 13.2 Å². The highest BCUT2D eigenvalue weighted by Crippen LogP contribution is 2.27. The van der Waals surface area contributed by atoms with Crippen molar-refractivity contribution in [2.24, 2.45) is 5.92 Å². The summed E-state index contributed by atoms with van der Waals surface area (Å²) in [5.41, 5.74) is 0. The molecule has 0 aromatic carbocycles. The van der Waals surface area contributed by atoms with E-state index in [9.17, 15) is 13.2 Å². The molecule has 1 unspecified atom stereocenters. The quantitative estimate of drug-likeness (QED) is 0.506. The third kappa shape index (κ3) is 2.19. The number of hydrogen-bond acceptors (Lipinski definition) is 0. The third-order valence-electron chi connectivity index (χ3n) is 1.17. The van der Waals surface area contributed by atoms with Gasteiger partial charge in [-0.05, 0) is 6.42 Å². The van der Waals surface area contributed by atoms with Crippen molar-refractivity contribution in [3.63, 3.8) is 0 Å². The van der Waals surface area contributed by atoms with Crippen molar-refractivity contribution in [3.05, 3.63) is 0 Å². The largest absolute Gasteiger partial charge is 0.391 e. The molecule has 0 aliphatic carbocycles. The molecule has 0 aromatic rings. The molecule has 0 radical (unpaired) electrons. The van der Waals surface area contributed by atoms with E-state index in [-0.39, 0.29) is 6.42 Å². The van der Waals surface area contributed by atoms with Crippen molar-refractivity contribution in [1.29, 1.82) is 0 Å². The van der Waals surface area contributed by atoms with E-state index >= 15 is 0 Å². The molecule has 50 valence electrons. The lowest BCUT2D eigenvalue weighted by molar-refractivity contribution is -0.170. The summed E-state index contributed by atoms with van der Waals surface area (Å²) in [5.74, 6) is -1.15. The molecule has 0 nitrogen and oxygen atoms in total. The van der Waals surface area contributed by atoms with Gasteiger partial charge in [-0.2, -0.15) is 13.2 Å². The molecule has 1 atom stereocenters. The van der Waals surface area contributed by atoms with Crippen LogP contribution in [0.25, 0.3) is 0 Å². The molecular weight excluding hydrogens is 117 g/mol. The minimum absolute atomic E-state index is 0.170. The van der Waals surface area contributed by atoms with Gasteiger partial charge in [0.1, 0.15) is 0 Å². The van der Waals surface area contributed by atoms with E-state index < -0.39 is 12.1 Å². The normalized spacial score (nSPS) is 16.1. The first-order chi connectivity index (χ1) is 3.48. The van der Waals surface area contributed by atoms with Crippen molar-refractivity contribution < 1.29 is 13.2 Å². The lowest BCUT2D eigenvalue weighted by Crippen LogP contribution is -2.18. The Hall–Kier alpha value is -0.210. The van der Waals surface area contributed by atoms with E-state index in [0.29, 0.717) is 0 Å². The van der Waals surface area contributed by atoms with Crippen LogP contribution in [0.15, 0.2) is 0 Å². The first-order valence-corrected chi connectivity index (χ1v) is 2.55. The number of alkyl halides is 3. The van der Waals surface area contributed by atoms with Gasteiger partial charge in [0.2, 0.25) is 0 Å². The Balaban J connectivity index is 3.62. The van der Waals surface area contributed by atoms with Crippen LogP contribution in [0.5, 0.6) is 0 Å². The van der Waals surface area contributed by atoms with Gasteiger partial charge in [0.15, 0.2) is 0 Å². The summed E-state index contributed by atoms with van der Waals surface area (Å²) < 4.78 is 34.3. The number of halogens is 3. The van der Waals surface area contributed by atoms with Crippen molar-refractivity contribution >= 4 is 0 Å². The van der Waals surface area contributed by atoms with Gasteiger partial charge in [-0.3, -0.25) is 0 Å². The fourth-order valence-electron chi connectivity index (χ4n) is 0.231. The van der Waals surface area contributed by atoms with E-state index in [1.54, 1.807) is 0 Å². The van der Waals surface area contributed by atoms with E-state index in [2.05, 4.69) is 0 Å². The second-order valence-electron chi connectivity index (χ2n) is 1.85. The Bertz CT molecular complexity index is 64.6. The van der Waals surface area contributed by atoms with Crippen LogP contribution in [-0.2, 0) is 0 Å². The summed E-state index contributed by atoms with van der Waals surface area (Å²) >= 11 is 0. The zero-order valence-corrected chi connectivity index (χ0v) is 4.92. The standard InChI is InChI=1S/C5H9F3/c1-3-4(2)5(6,7)8/h4H,3H2,1-2H3. The van der Waals surface area contributed by atoms with Crippen molar-refractivity contribution in [3.8, 4) is 0 Å². The Morgan fingerprint density at radius 2 is 1.75 bits per heavy atom. The molecule has 0 bridgehead atoms. The van der Waals surface area contributed by atoms with E-state index in [1.807, 2.05) is 0 Å². The van der Waals surface area contributed by atoms with Gasteiger partial charge in [0.25, 0.3) is 0 Å². The van der Waals surface area contributed by atoms with Gasteiger partial charge in [0, 0.05) is 0 Å². The van der Waals surface area contributed by atoms with E-state index in [4.69, 9.17) is 0 Å². The zero-order valence-electron chi connectivity index (χ0n) is 4.92. The van der Waals surface area contributed by atoms with Crippen molar-refractivity contribution in [2.45, 2.75) is 26.4 Å². The average Bonchev–Trinajstić information content (AvgIpc) is 1.62. The first-order valence-electron chi connectivity index (χ1n) is 2.55. The summed E-state index contributed by atoms with van der Waals surface area (Å²) in [6, 6.07) is 0. The smallest absolute Gasteiger partial charge is 0.171 e. The Labute approximate surface area is 46.7 Å². The topological polar surface area (TPSA) is 0 Å². The van der Waals surface area contributed by atoms with Gasteiger partial charge in [-0.1, -0.05) is 13.8 Å². The molecule has 0 aliphatic heterocycles. The van der Waals surface area contributed by atoms with Crippen LogP contribution in [0.3, 0.4) is 0 Å². The highest BCUT2D eigenvalue weighted by atomic mass is 19.4. The van der Waals surface area contributed by atoms with E-state index in [1.165, 1.54) is 13.8 Å². The maximum Gasteiger partial charge on any atom is 0.391 e. The molecule has 0 amide bonds. The van der Waals surface area contributed by atoms with Gasteiger partial charge in [0.05, 0.1) is 5.92 Å². The predicted octanol–water partition coefficient (Wildman–Crippen LogP) is 2.59. The maximum atomic E-state index is 11.4. The maximum absolute atomic E-state index is 11.4. The minimum atomic E-state index is -3.99. The van der Waals surface area contributed by atoms with E-state index in [0.717, 1.165) is 0 Å². The molecule has 0 saturated carbocycles. The van der Waals surface area contributed by atoms with Crippen molar-refractivity contribution in [1.82, 2.24) is 0 Å². The fraction of sp³-hybridized carbons (Fsp3) is 1.00. The van der Waals surface area contributed by atoms with Crippen LogP contribution in [0.2, 0.25) is 0 Å². The second-order valence-corrected chi connectivity index (χ2v) is 1.85. The van der Waals surface area contributed by atoms with Crippen molar-refractivity contribution in [2.75, 3.05) is 0 Å². The number of rotatable bonds is 1. The Morgan fingerprint density at radius 3 is 1.75 bits per heavy atom. The molecule has 0 aliphatic rings. The Morgan fingerprint density at radius 1 is 1.38 bits per heavy atom. The van der Waals surface area contributed by atoms with Gasteiger partial charge < -0.3 is 0 Å². The van der Waals surface area contributed by atoms with Crippen LogP contribution < -0.4 is 0 Å². The molecule has 0 N–H and O–H groups in total. The van der Waals surface area contributed by atoms with Gasteiger partial charge in [-0.15, -0.1) is 0 Å². The highest BCUT2D eigenvalue weighted by Gasteiger charge is 2.33. The monoisotopic (exact) mass is 126 g/mol. The highest BCUT2D eigenvalue weighted by molar-refractivity contribution is 4.58. The van der Waals surface area contributed by atoms with Gasteiger partial charge >= 0.3 is 6.18 Å². The lowest BCUT2D eigenvalue weighted by Gasteiger charge is -2.11. The zero-order chi connectivity index (χ0) is 6.78. The molecule has 0 spiro atoms. The molecule has 0 heterocycles. The Kier molecular flexibility index (Phi) is 2.31. The average molecular weight is 126 g/mol. The van der Waals surface area contributed by atoms with Crippen LogP contribution in [0.1, 0.15) is 20.3 Å². The van der Waals surface area contributed by atoms with Crippen LogP contribution >= 0.6 is 0 Å². The lowest BCUT2D eigenvalue weighted by atomic mass is 10.1. The summed E-state index contributed by atoms with van der Waals surface area (Å²) in [5, 5.41) is 0. The molecule has 0 fully saturated rings. The molecule has 0 saturated heterocycles. The second kappa shape index (κ2) is 2.37. The minimum Gasteiger partial charge on any atom is -0.171 e. The summed E-state index contributed by atoms with van der Waals surface area (Å²) in [7, 11) is 0. The fourth-order valence-corrected chi connectivity index (χ4v) is 0.231. The summed E-state index contributed by atoms with van der Waals surface area (Å²) in [6.07, 6.45) is -3.82. The molecule has 8 heavy (non-hydrogen) atoms. The SMILES string of the molecule is CCC(C)C(F)(F)F. The molecule has 3 heteroatoms. The summed E-state index contributed by atoms with van der Waals surface area (Å²) in [4.78, 5) is 0. The first kappa shape index (κ1) is 7.79. The number of hydrogen-bond donors (Lipinski definition) is 0. The predicted molar refractivity (Wildman–Crippen MR) is 25.5 cm³/mol. The summed E-state index contributed by atoms with van der Waals surface area (Å²) in [6.45, 7) is 2.71.